The van der Waals surface area contributed by atoms with Gasteiger partial charge in [-0.1, -0.05) is 42.5 Å². The molecule has 0 spiro atoms. The molecule has 5 heteroatoms. The van der Waals surface area contributed by atoms with E-state index in [4.69, 9.17) is 4.74 Å². The molecule has 2 heterocycles. The van der Waals surface area contributed by atoms with E-state index >= 15 is 0 Å². The van der Waals surface area contributed by atoms with Gasteiger partial charge in [-0.15, -0.1) is 11.3 Å². The number of nitrogens with one attached hydrogen (secondary N) is 1. The van der Waals surface area contributed by atoms with Gasteiger partial charge in [0.2, 0.25) is 0 Å². The molecule has 0 amide bonds. The number of para-hydroxylation sites is 2. The van der Waals surface area contributed by atoms with Crippen LogP contribution in [0.5, 0.6) is 5.75 Å². The minimum atomic E-state index is 0.616. The molecule has 4 nitrogen and oxygen atoms in total. The van der Waals surface area contributed by atoms with Gasteiger partial charge in [0.05, 0.1) is 17.7 Å². The fourth-order valence-corrected chi connectivity index (χ4v) is 4.08. The molecule has 2 aromatic heterocycles. The highest BCUT2D eigenvalue weighted by Gasteiger charge is 2.17. The summed E-state index contributed by atoms with van der Waals surface area (Å²) in [6.07, 6.45) is 1.61. The second kappa shape index (κ2) is 7.14. The fourth-order valence-electron chi connectivity index (χ4n) is 3.07. The molecule has 0 aliphatic rings. The monoisotopic (exact) mass is 361 g/mol. The second-order valence-electron chi connectivity index (χ2n) is 5.86. The van der Waals surface area contributed by atoms with Gasteiger partial charge >= 0.3 is 0 Å². The van der Waals surface area contributed by atoms with Gasteiger partial charge in [0.1, 0.15) is 22.7 Å². The van der Waals surface area contributed by atoms with Crippen LogP contribution in [-0.2, 0) is 0 Å². The number of anilines is 2. The summed E-state index contributed by atoms with van der Waals surface area (Å²) < 4.78 is 5.74. The minimum Gasteiger partial charge on any atom is -0.492 e. The molecule has 0 aliphatic heterocycles. The maximum Gasteiger partial charge on any atom is 0.143 e. The molecule has 0 aliphatic carbocycles. The number of ether oxygens (including phenoxy) is 1. The zero-order valence-electron chi connectivity index (χ0n) is 14.7. The number of hydrogen-bond acceptors (Lipinski definition) is 5. The zero-order valence-corrected chi connectivity index (χ0v) is 15.5. The Kier molecular flexibility index (Phi) is 4.54. The van der Waals surface area contributed by atoms with Crippen LogP contribution in [0, 0.1) is 6.92 Å². The van der Waals surface area contributed by atoms with Crippen LogP contribution in [0.4, 0.5) is 11.5 Å². The van der Waals surface area contributed by atoms with E-state index in [2.05, 4.69) is 46.5 Å². The molecule has 0 saturated heterocycles. The summed E-state index contributed by atoms with van der Waals surface area (Å²) >= 11 is 1.69. The highest BCUT2D eigenvalue weighted by Crippen LogP contribution is 2.41. The standard InChI is InChI=1S/C21H19N3OS/c1-3-25-17-12-8-7-11-16(17)24-20-19-18(15-9-5-4-6-10-15)14(2)26-21(19)23-13-22-20/h4-13H,3H2,1-2H3,(H,22,23,24). The van der Waals surface area contributed by atoms with Crippen molar-refractivity contribution < 1.29 is 4.74 Å². The summed E-state index contributed by atoms with van der Waals surface area (Å²) in [5, 5.41) is 4.50. The second-order valence-corrected chi connectivity index (χ2v) is 7.06. The van der Waals surface area contributed by atoms with Crippen LogP contribution in [0.1, 0.15) is 11.8 Å². The lowest BCUT2D eigenvalue weighted by atomic mass is 10.0. The Bertz CT molecular complexity index is 1040. The summed E-state index contributed by atoms with van der Waals surface area (Å²) in [5.74, 6) is 1.61. The van der Waals surface area contributed by atoms with Crippen molar-refractivity contribution in [1.29, 1.82) is 0 Å². The highest BCUT2D eigenvalue weighted by atomic mass is 32.1. The predicted molar refractivity (Wildman–Crippen MR) is 108 cm³/mol. The van der Waals surface area contributed by atoms with Crippen LogP contribution < -0.4 is 10.1 Å². The lowest BCUT2D eigenvalue weighted by Gasteiger charge is -2.13. The number of aryl methyl sites for hydroxylation is 1. The molecule has 1 N–H and O–H groups in total. The van der Waals surface area contributed by atoms with E-state index in [1.54, 1.807) is 17.7 Å². The molecule has 0 atom stereocenters. The number of thiophene rings is 1. The van der Waals surface area contributed by atoms with E-state index in [9.17, 15) is 0 Å². The number of hydrogen-bond donors (Lipinski definition) is 1. The molecule has 130 valence electrons. The molecule has 0 bridgehead atoms. The first-order chi connectivity index (χ1) is 12.8. The number of rotatable bonds is 5. The van der Waals surface area contributed by atoms with Crippen molar-refractivity contribution in [2.45, 2.75) is 13.8 Å². The van der Waals surface area contributed by atoms with Crippen LogP contribution in [0.2, 0.25) is 0 Å². The molecular weight excluding hydrogens is 342 g/mol. The molecule has 0 radical (unpaired) electrons. The van der Waals surface area contributed by atoms with Crippen LogP contribution in [0.15, 0.2) is 60.9 Å². The van der Waals surface area contributed by atoms with Gasteiger partial charge in [0.25, 0.3) is 0 Å². The lowest BCUT2D eigenvalue weighted by molar-refractivity contribution is 0.342. The first kappa shape index (κ1) is 16.5. The number of benzene rings is 2. The Morgan fingerprint density at radius 1 is 1.00 bits per heavy atom. The third-order valence-electron chi connectivity index (χ3n) is 4.17. The topological polar surface area (TPSA) is 47.0 Å². The first-order valence-electron chi connectivity index (χ1n) is 8.56. The molecule has 0 saturated carbocycles. The van der Waals surface area contributed by atoms with E-state index < -0.39 is 0 Å². The Balaban J connectivity index is 1.87. The number of fused-ring (bicyclic) bond motifs is 1. The van der Waals surface area contributed by atoms with Crippen LogP contribution in [-0.4, -0.2) is 16.6 Å². The summed E-state index contributed by atoms with van der Waals surface area (Å²) in [7, 11) is 0. The van der Waals surface area contributed by atoms with Gasteiger partial charge in [-0.3, -0.25) is 0 Å². The normalized spacial score (nSPS) is 10.8. The van der Waals surface area contributed by atoms with E-state index in [-0.39, 0.29) is 0 Å². The Morgan fingerprint density at radius 2 is 1.77 bits per heavy atom. The molecule has 0 fully saturated rings. The summed E-state index contributed by atoms with van der Waals surface area (Å²) in [6, 6.07) is 18.3. The molecule has 2 aromatic carbocycles. The highest BCUT2D eigenvalue weighted by molar-refractivity contribution is 7.19. The van der Waals surface area contributed by atoms with Crippen molar-refractivity contribution in [2.75, 3.05) is 11.9 Å². The number of nitrogens with zero attached hydrogens (tertiary/aromatic N) is 2. The first-order valence-corrected chi connectivity index (χ1v) is 9.38. The molecule has 4 rings (SSSR count). The van der Waals surface area contributed by atoms with E-state index in [1.807, 2.05) is 37.3 Å². The molecule has 26 heavy (non-hydrogen) atoms. The third-order valence-corrected chi connectivity index (χ3v) is 5.18. The van der Waals surface area contributed by atoms with E-state index in [0.29, 0.717) is 6.61 Å². The largest absolute Gasteiger partial charge is 0.492 e. The molecule has 4 aromatic rings. The van der Waals surface area contributed by atoms with E-state index in [1.165, 1.54) is 16.0 Å². The van der Waals surface area contributed by atoms with Gasteiger partial charge in [-0.05, 0) is 31.5 Å². The Hall–Kier alpha value is -2.92. The average Bonchev–Trinajstić information content (AvgIpc) is 3.01. The predicted octanol–water partition coefficient (Wildman–Crippen LogP) is 5.81. The summed E-state index contributed by atoms with van der Waals surface area (Å²) in [4.78, 5) is 11.2. The molecular formula is C21H19N3OS. The third kappa shape index (κ3) is 3.02. The van der Waals surface area contributed by atoms with Crippen molar-refractivity contribution in [3.8, 4) is 16.9 Å². The zero-order chi connectivity index (χ0) is 17.9. The van der Waals surface area contributed by atoms with Crippen LogP contribution in [0.25, 0.3) is 21.3 Å². The van der Waals surface area contributed by atoms with Crippen LogP contribution in [0.3, 0.4) is 0 Å². The SMILES string of the molecule is CCOc1ccccc1Nc1ncnc2sc(C)c(-c3ccccc3)c12. The maximum absolute atomic E-state index is 5.74. The number of aromatic nitrogens is 2. The maximum atomic E-state index is 5.74. The van der Waals surface area contributed by atoms with Crippen LogP contribution >= 0.6 is 11.3 Å². The van der Waals surface area contributed by atoms with Gasteiger partial charge in [0.15, 0.2) is 0 Å². The van der Waals surface area contributed by atoms with Crippen molar-refractivity contribution in [3.05, 3.63) is 65.8 Å². The Morgan fingerprint density at radius 3 is 2.58 bits per heavy atom. The van der Waals surface area contributed by atoms with Gasteiger partial charge < -0.3 is 10.1 Å². The van der Waals surface area contributed by atoms with Crippen molar-refractivity contribution in [2.24, 2.45) is 0 Å². The summed E-state index contributed by atoms with van der Waals surface area (Å²) in [6.45, 7) is 4.73. The lowest BCUT2D eigenvalue weighted by Crippen LogP contribution is -2.00. The van der Waals surface area contributed by atoms with E-state index in [0.717, 1.165) is 27.5 Å². The van der Waals surface area contributed by atoms with Crippen molar-refractivity contribution >= 4 is 33.1 Å². The van der Waals surface area contributed by atoms with Gasteiger partial charge in [-0.25, -0.2) is 9.97 Å². The summed E-state index contributed by atoms with van der Waals surface area (Å²) in [5.41, 5.74) is 3.26. The molecule has 0 unspecified atom stereocenters. The van der Waals surface area contributed by atoms with Crippen molar-refractivity contribution in [1.82, 2.24) is 9.97 Å². The minimum absolute atomic E-state index is 0.616. The van der Waals surface area contributed by atoms with Crippen molar-refractivity contribution in [3.63, 3.8) is 0 Å². The Labute approximate surface area is 156 Å². The van der Waals surface area contributed by atoms with Gasteiger partial charge in [0, 0.05) is 10.4 Å². The van der Waals surface area contributed by atoms with Gasteiger partial charge in [-0.2, -0.15) is 0 Å². The quantitative estimate of drug-likeness (QED) is 0.487. The smallest absolute Gasteiger partial charge is 0.143 e. The fraction of sp³-hybridized carbons (Fsp3) is 0.143. The average molecular weight is 361 g/mol.